The van der Waals surface area contributed by atoms with Crippen LogP contribution < -0.4 is 10.2 Å². The Bertz CT molecular complexity index is 333. The molecule has 2 rings (SSSR count). The Morgan fingerprint density at radius 3 is 2.87 bits per heavy atom. The highest BCUT2D eigenvalue weighted by Gasteiger charge is 2.13. The zero-order valence-electron chi connectivity index (χ0n) is 9.45. The van der Waals surface area contributed by atoms with E-state index >= 15 is 0 Å². The quantitative estimate of drug-likeness (QED) is 0.800. The van der Waals surface area contributed by atoms with E-state index in [9.17, 15) is 0 Å². The molecule has 2 heterocycles. The van der Waals surface area contributed by atoms with Crippen molar-refractivity contribution in [1.29, 1.82) is 0 Å². The van der Waals surface area contributed by atoms with Gasteiger partial charge in [-0.3, -0.25) is 0 Å². The van der Waals surface area contributed by atoms with Crippen molar-refractivity contribution in [2.24, 2.45) is 0 Å². The number of nitrogens with one attached hydrogen (secondary N) is 1. The average Bonchev–Trinajstić information content (AvgIpc) is 2.30. The summed E-state index contributed by atoms with van der Waals surface area (Å²) in [5.41, 5.74) is 2.46. The Hall–Kier alpha value is -1.16. The summed E-state index contributed by atoms with van der Waals surface area (Å²) in [6.45, 7) is 8.18. The van der Waals surface area contributed by atoms with Crippen LogP contribution in [0.3, 0.4) is 0 Å². The van der Waals surface area contributed by atoms with Gasteiger partial charge in [0.15, 0.2) is 5.82 Å². The third-order valence-corrected chi connectivity index (χ3v) is 2.90. The third kappa shape index (κ3) is 2.09. The summed E-state index contributed by atoms with van der Waals surface area (Å²) < 4.78 is 0. The largest absolute Gasteiger partial charge is 0.356 e. The van der Waals surface area contributed by atoms with Crippen molar-refractivity contribution in [2.45, 2.75) is 26.8 Å². The molecule has 0 unspecified atom stereocenters. The molecular formula is C11H18N4. The molecule has 1 aliphatic heterocycles. The van der Waals surface area contributed by atoms with Crippen LogP contribution in [0.1, 0.15) is 25.1 Å². The molecule has 0 atom stereocenters. The smallest absolute Gasteiger partial charge is 0.151 e. The van der Waals surface area contributed by atoms with Gasteiger partial charge in [-0.15, -0.1) is 5.10 Å². The lowest BCUT2D eigenvalue weighted by Crippen LogP contribution is -2.28. The maximum atomic E-state index is 4.28. The zero-order chi connectivity index (χ0) is 10.7. The molecule has 0 spiro atoms. The maximum Gasteiger partial charge on any atom is 0.151 e. The molecule has 4 nitrogen and oxygen atoms in total. The van der Waals surface area contributed by atoms with E-state index in [0.717, 1.165) is 44.1 Å². The van der Waals surface area contributed by atoms with E-state index in [4.69, 9.17) is 0 Å². The van der Waals surface area contributed by atoms with Crippen LogP contribution in [0.25, 0.3) is 0 Å². The molecule has 1 aromatic rings. The monoisotopic (exact) mass is 206 g/mol. The molecule has 0 aliphatic carbocycles. The van der Waals surface area contributed by atoms with Crippen LogP contribution in [-0.4, -0.2) is 29.8 Å². The van der Waals surface area contributed by atoms with E-state index in [1.165, 1.54) is 5.56 Å². The van der Waals surface area contributed by atoms with Crippen molar-refractivity contribution in [3.05, 3.63) is 17.3 Å². The normalized spacial score (nSPS) is 14.8. The lowest BCUT2D eigenvalue weighted by molar-refractivity contribution is 0.614. The molecule has 1 N–H and O–H groups in total. The van der Waals surface area contributed by atoms with Crippen molar-refractivity contribution in [3.63, 3.8) is 0 Å². The van der Waals surface area contributed by atoms with Gasteiger partial charge in [0, 0.05) is 19.6 Å². The molecule has 1 aliphatic rings. The molecule has 0 saturated heterocycles. The van der Waals surface area contributed by atoms with Gasteiger partial charge in [-0.25, -0.2) is 0 Å². The second-order valence-corrected chi connectivity index (χ2v) is 3.77. The Labute approximate surface area is 90.7 Å². The molecule has 0 aromatic carbocycles. The highest BCUT2D eigenvalue weighted by molar-refractivity contribution is 5.41. The van der Waals surface area contributed by atoms with Crippen molar-refractivity contribution in [2.75, 3.05) is 24.5 Å². The van der Waals surface area contributed by atoms with E-state index in [-0.39, 0.29) is 0 Å². The van der Waals surface area contributed by atoms with Crippen LogP contribution in [0, 0.1) is 0 Å². The molecule has 0 amide bonds. The molecule has 82 valence electrons. The Morgan fingerprint density at radius 2 is 2.13 bits per heavy atom. The van der Waals surface area contributed by atoms with Gasteiger partial charge in [0.2, 0.25) is 0 Å². The molecule has 0 radical (unpaired) electrons. The molecule has 4 heteroatoms. The van der Waals surface area contributed by atoms with Crippen molar-refractivity contribution >= 4 is 5.82 Å². The number of rotatable bonds is 3. The zero-order valence-corrected chi connectivity index (χ0v) is 9.45. The minimum atomic E-state index is 0.862. The summed E-state index contributed by atoms with van der Waals surface area (Å²) in [6.07, 6.45) is 1.07. The first-order valence-electron chi connectivity index (χ1n) is 5.66. The third-order valence-electron chi connectivity index (χ3n) is 2.90. The van der Waals surface area contributed by atoms with Gasteiger partial charge >= 0.3 is 0 Å². The summed E-state index contributed by atoms with van der Waals surface area (Å²) in [6, 6.07) is 2.19. The van der Waals surface area contributed by atoms with Gasteiger partial charge in [0.1, 0.15) is 0 Å². The van der Waals surface area contributed by atoms with E-state index < -0.39 is 0 Å². The average molecular weight is 206 g/mol. The highest BCUT2D eigenvalue weighted by Crippen LogP contribution is 2.16. The van der Waals surface area contributed by atoms with E-state index in [1.54, 1.807) is 0 Å². The van der Waals surface area contributed by atoms with Crippen LogP contribution in [0.15, 0.2) is 6.07 Å². The first kappa shape index (κ1) is 10.4. The summed E-state index contributed by atoms with van der Waals surface area (Å²) in [5.74, 6) is 1.01. The van der Waals surface area contributed by atoms with Crippen molar-refractivity contribution < 1.29 is 0 Å². The van der Waals surface area contributed by atoms with Gasteiger partial charge < -0.3 is 10.2 Å². The molecule has 0 fully saturated rings. The fourth-order valence-corrected chi connectivity index (χ4v) is 1.94. The first-order chi connectivity index (χ1) is 7.35. The molecule has 15 heavy (non-hydrogen) atoms. The van der Waals surface area contributed by atoms with Crippen LogP contribution in [0.4, 0.5) is 5.82 Å². The van der Waals surface area contributed by atoms with Gasteiger partial charge in [-0.1, -0.05) is 0 Å². The van der Waals surface area contributed by atoms with Gasteiger partial charge in [-0.2, -0.15) is 5.10 Å². The van der Waals surface area contributed by atoms with Crippen LogP contribution in [-0.2, 0) is 13.0 Å². The number of anilines is 1. The number of aromatic nitrogens is 2. The standard InChI is InChI=1S/C11H18N4/c1-3-15(4-2)11-7-9-5-6-12-8-10(9)13-14-11/h7,12H,3-6,8H2,1-2H3. The summed E-state index contributed by atoms with van der Waals surface area (Å²) in [4.78, 5) is 2.23. The Kier molecular flexibility index (Phi) is 3.16. The van der Waals surface area contributed by atoms with Crippen LogP contribution in [0.2, 0.25) is 0 Å². The van der Waals surface area contributed by atoms with Crippen LogP contribution in [0.5, 0.6) is 0 Å². The minimum Gasteiger partial charge on any atom is -0.356 e. The minimum absolute atomic E-state index is 0.862. The fraction of sp³-hybridized carbons (Fsp3) is 0.636. The lowest BCUT2D eigenvalue weighted by Gasteiger charge is -2.22. The SMILES string of the molecule is CCN(CC)c1cc2c(nn1)CNCC2. The van der Waals surface area contributed by atoms with E-state index in [0.29, 0.717) is 0 Å². The highest BCUT2D eigenvalue weighted by atomic mass is 15.3. The molecule has 0 bridgehead atoms. The van der Waals surface area contributed by atoms with Gasteiger partial charge in [0.25, 0.3) is 0 Å². The van der Waals surface area contributed by atoms with E-state index in [1.807, 2.05) is 0 Å². The molecule has 0 saturated carbocycles. The number of nitrogens with zero attached hydrogens (tertiary/aromatic N) is 3. The second-order valence-electron chi connectivity index (χ2n) is 3.77. The molecule has 1 aromatic heterocycles. The number of hydrogen-bond donors (Lipinski definition) is 1. The number of fused-ring (bicyclic) bond motifs is 1. The molecular weight excluding hydrogens is 188 g/mol. The predicted molar refractivity (Wildman–Crippen MR) is 61.0 cm³/mol. The van der Waals surface area contributed by atoms with Crippen LogP contribution >= 0.6 is 0 Å². The fourth-order valence-electron chi connectivity index (χ4n) is 1.94. The first-order valence-corrected chi connectivity index (χ1v) is 5.66. The van der Waals surface area contributed by atoms with Gasteiger partial charge in [-0.05, 0) is 38.4 Å². The Morgan fingerprint density at radius 1 is 1.33 bits per heavy atom. The van der Waals surface area contributed by atoms with Crippen molar-refractivity contribution in [3.8, 4) is 0 Å². The summed E-state index contributed by atoms with van der Waals surface area (Å²) in [7, 11) is 0. The Balaban J connectivity index is 2.27. The maximum absolute atomic E-state index is 4.28. The van der Waals surface area contributed by atoms with Gasteiger partial charge in [0.05, 0.1) is 5.69 Å². The lowest BCUT2D eigenvalue weighted by atomic mass is 10.1. The predicted octanol–water partition coefficient (Wildman–Crippen LogP) is 0.968. The summed E-state index contributed by atoms with van der Waals surface area (Å²) in [5, 5.41) is 11.9. The number of hydrogen-bond acceptors (Lipinski definition) is 4. The van der Waals surface area contributed by atoms with E-state index in [2.05, 4.69) is 40.3 Å². The summed E-state index contributed by atoms with van der Waals surface area (Å²) >= 11 is 0. The topological polar surface area (TPSA) is 41.1 Å². The van der Waals surface area contributed by atoms with Crippen molar-refractivity contribution in [1.82, 2.24) is 15.5 Å². The second kappa shape index (κ2) is 4.57.